The highest BCUT2D eigenvalue weighted by atomic mass is 16.5. The largest absolute Gasteiger partial charge is 0.489 e. The molecule has 0 spiro atoms. The molecular weight excluding hydrogens is 404 g/mol. The molecular formula is C26H26N2O4. The molecule has 4 rings (SSSR count). The molecule has 3 N–H and O–H groups in total. The molecule has 0 aliphatic heterocycles. The number of carboxylic acid groups (broad SMARTS) is 1. The lowest BCUT2D eigenvalue weighted by atomic mass is 9.99. The second-order valence-corrected chi connectivity index (χ2v) is 7.93. The van der Waals surface area contributed by atoms with Crippen molar-refractivity contribution < 1.29 is 19.1 Å². The van der Waals surface area contributed by atoms with Gasteiger partial charge in [0.2, 0.25) is 0 Å². The number of carbonyl (C=O) groups is 1. The Kier molecular flexibility index (Phi) is 6.14. The highest BCUT2D eigenvalue weighted by Crippen LogP contribution is 2.33. The van der Waals surface area contributed by atoms with Crippen molar-refractivity contribution >= 4 is 22.6 Å². The first-order valence-corrected chi connectivity index (χ1v) is 10.4. The summed E-state index contributed by atoms with van der Waals surface area (Å²) < 4.78 is 11.9. The van der Waals surface area contributed by atoms with E-state index in [0.717, 1.165) is 38.9 Å². The Morgan fingerprint density at radius 3 is 2.66 bits per heavy atom. The molecule has 0 radical (unpaired) electrons. The van der Waals surface area contributed by atoms with Crippen LogP contribution >= 0.6 is 0 Å². The Balaban J connectivity index is 1.68. The third kappa shape index (κ3) is 4.60. The van der Waals surface area contributed by atoms with Crippen LogP contribution in [0.25, 0.3) is 22.1 Å². The maximum absolute atomic E-state index is 11.3. The summed E-state index contributed by atoms with van der Waals surface area (Å²) in [5, 5.41) is 10.2. The first kappa shape index (κ1) is 21.5. The number of rotatable bonds is 8. The van der Waals surface area contributed by atoms with Gasteiger partial charge in [-0.25, -0.2) is 0 Å². The van der Waals surface area contributed by atoms with E-state index in [4.69, 9.17) is 14.9 Å². The number of nitrogens with zero attached hydrogens (tertiary/aromatic N) is 1. The van der Waals surface area contributed by atoms with Crippen molar-refractivity contribution in [1.29, 1.82) is 0 Å². The minimum absolute atomic E-state index is 0.0963. The van der Waals surface area contributed by atoms with Crippen LogP contribution in [0.2, 0.25) is 0 Å². The van der Waals surface area contributed by atoms with Crippen molar-refractivity contribution in [1.82, 2.24) is 0 Å². The first-order valence-electron chi connectivity index (χ1n) is 10.4. The van der Waals surface area contributed by atoms with E-state index in [9.17, 15) is 9.90 Å². The molecule has 3 aromatic carbocycles. The normalized spacial score (nSPS) is 11.0. The fourth-order valence-corrected chi connectivity index (χ4v) is 3.73. The molecule has 164 valence electrons. The van der Waals surface area contributed by atoms with Crippen LogP contribution in [-0.2, 0) is 24.4 Å². The van der Waals surface area contributed by atoms with Gasteiger partial charge in [-0.1, -0.05) is 24.3 Å². The number of nitrogens with two attached hydrogens (primary N) is 1. The first-order chi connectivity index (χ1) is 15.4. The van der Waals surface area contributed by atoms with Crippen LogP contribution in [0.15, 0.2) is 71.3 Å². The molecule has 1 heterocycles. The van der Waals surface area contributed by atoms with Crippen LogP contribution in [0.3, 0.4) is 0 Å². The van der Waals surface area contributed by atoms with Gasteiger partial charge in [-0.15, -0.1) is 0 Å². The van der Waals surface area contributed by atoms with Gasteiger partial charge in [-0.3, -0.25) is 4.79 Å². The summed E-state index contributed by atoms with van der Waals surface area (Å²) >= 11 is 0. The van der Waals surface area contributed by atoms with E-state index >= 15 is 0 Å². The second-order valence-electron chi connectivity index (χ2n) is 7.93. The number of furan rings is 1. The van der Waals surface area contributed by atoms with Crippen molar-refractivity contribution in [3.8, 4) is 16.9 Å². The van der Waals surface area contributed by atoms with Gasteiger partial charge in [0, 0.05) is 48.9 Å². The van der Waals surface area contributed by atoms with Crippen molar-refractivity contribution in [2.24, 2.45) is 5.73 Å². The van der Waals surface area contributed by atoms with E-state index in [1.807, 2.05) is 73.6 Å². The average molecular weight is 431 g/mol. The molecule has 0 bridgehead atoms. The summed E-state index contributed by atoms with van der Waals surface area (Å²) in [4.78, 5) is 13.3. The number of anilines is 1. The SMILES string of the molecule is CN(C)c1ccc(CC(=O)O)c(OCc2cc(-c3cccc(CN)c3)c3occc3c2)c1. The summed E-state index contributed by atoms with van der Waals surface area (Å²) in [6, 6.07) is 19.7. The summed E-state index contributed by atoms with van der Waals surface area (Å²) in [5.74, 6) is -0.327. The van der Waals surface area contributed by atoms with Gasteiger partial charge in [0.05, 0.1) is 12.7 Å². The molecule has 6 heteroatoms. The molecule has 6 nitrogen and oxygen atoms in total. The van der Waals surface area contributed by atoms with Gasteiger partial charge in [-0.05, 0) is 47.0 Å². The molecule has 32 heavy (non-hydrogen) atoms. The monoisotopic (exact) mass is 430 g/mol. The van der Waals surface area contributed by atoms with E-state index in [0.29, 0.717) is 24.5 Å². The van der Waals surface area contributed by atoms with Gasteiger partial charge >= 0.3 is 5.97 Å². The molecule has 0 atom stereocenters. The Bertz CT molecular complexity index is 1260. The van der Waals surface area contributed by atoms with Gasteiger partial charge in [-0.2, -0.15) is 0 Å². The quantitative estimate of drug-likeness (QED) is 0.416. The van der Waals surface area contributed by atoms with Crippen molar-refractivity contribution in [2.75, 3.05) is 19.0 Å². The molecule has 0 saturated heterocycles. The summed E-state index contributed by atoms with van der Waals surface area (Å²) in [5.41, 5.74) is 12.2. The lowest BCUT2D eigenvalue weighted by molar-refractivity contribution is -0.136. The number of hydrogen-bond acceptors (Lipinski definition) is 5. The Labute approximate surface area is 186 Å². The molecule has 0 fully saturated rings. The number of carboxylic acids is 1. The number of aliphatic carboxylic acids is 1. The summed E-state index contributed by atoms with van der Waals surface area (Å²) in [6.45, 7) is 0.765. The fraction of sp³-hybridized carbons (Fsp3) is 0.192. The van der Waals surface area contributed by atoms with Crippen LogP contribution in [-0.4, -0.2) is 25.2 Å². The third-order valence-corrected chi connectivity index (χ3v) is 5.39. The second kappa shape index (κ2) is 9.16. The molecule has 4 aromatic rings. The molecule has 0 saturated carbocycles. The third-order valence-electron chi connectivity index (χ3n) is 5.39. The summed E-state index contributed by atoms with van der Waals surface area (Å²) in [7, 11) is 3.87. The maximum atomic E-state index is 11.3. The highest BCUT2D eigenvalue weighted by Gasteiger charge is 2.13. The minimum atomic E-state index is -0.894. The Morgan fingerprint density at radius 2 is 1.91 bits per heavy atom. The molecule has 1 aromatic heterocycles. The lowest BCUT2D eigenvalue weighted by Crippen LogP contribution is -2.10. The summed E-state index contributed by atoms with van der Waals surface area (Å²) in [6.07, 6.45) is 1.58. The maximum Gasteiger partial charge on any atom is 0.307 e. The number of ether oxygens (including phenoxy) is 1. The standard InChI is InChI=1S/C26H26N2O4/c1-28(2)22-7-6-20(13-25(29)30)24(14-22)32-16-18-11-21-8-9-31-26(21)23(12-18)19-5-3-4-17(10-19)15-27/h3-12,14H,13,15-16,27H2,1-2H3,(H,29,30). The van der Waals surface area contributed by atoms with Crippen molar-refractivity contribution in [2.45, 2.75) is 19.6 Å². The highest BCUT2D eigenvalue weighted by molar-refractivity contribution is 5.93. The van der Waals surface area contributed by atoms with Gasteiger partial charge in [0.15, 0.2) is 0 Å². The van der Waals surface area contributed by atoms with Crippen LogP contribution in [0.4, 0.5) is 5.69 Å². The Morgan fingerprint density at radius 1 is 1.06 bits per heavy atom. The van der Waals surface area contributed by atoms with Gasteiger partial charge < -0.3 is 24.9 Å². The average Bonchev–Trinajstić information content (AvgIpc) is 3.26. The van der Waals surface area contributed by atoms with Crippen LogP contribution in [0.5, 0.6) is 5.75 Å². The van der Waals surface area contributed by atoms with E-state index in [-0.39, 0.29) is 6.42 Å². The molecule has 0 unspecified atom stereocenters. The number of benzene rings is 3. The Hall–Kier alpha value is -3.77. The fourth-order valence-electron chi connectivity index (χ4n) is 3.73. The van der Waals surface area contributed by atoms with Crippen molar-refractivity contribution in [3.05, 3.63) is 83.6 Å². The van der Waals surface area contributed by atoms with E-state index < -0.39 is 5.97 Å². The molecule has 0 aliphatic rings. The minimum Gasteiger partial charge on any atom is -0.489 e. The van der Waals surface area contributed by atoms with Crippen LogP contribution < -0.4 is 15.4 Å². The zero-order chi connectivity index (χ0) is 22.7. The number of fused-ring (bicyclic) bond motifs is 1. The lowest BCUT2D eigenvalue weighted by Gasteiger charge is -2.17. The van der Waals surface area contributed by atoms with Gasteiger partial charge in [0.1, 0.15) is 17.9 Å². The smallest absolute Gasteiger partial charge is 0.307 e. The van der Waals surface area contributed by atoms with E-state index in [2.05, 4.69) is 6.07 Å². The van der Waals surface area contributed by atoms with Crippen LogP contribution in [0, 0.1) is 0 Å². The predicted molar refractivity (Wildman–Crippen MR) is 126 cm³/mol. The molecule has 0 aliphatic carbocycles. The zero-order valence-electron chi connectivity index (χ0n) is 18.2. The predicted octanol–water partition coefficient (Wildman–Crippen LogP) is 4.83. The van der Waals surface area contributed by atoms with E-state index in [1.54, 1.807) is 6.26 Å². The zero-order valence-corrected chi connectivity index (χ0v) is 18.2. The molecule has 0 amide bonds. The van der Waals surface area contributed by atoms with Crippen molar-refractivity contribution in [3.63, 3.8) is 0 Å². The van der Waals surface area contributed by atoms with E-state index in [1.165, 1.54) is 0 Å². The number of hydrogen-bond donors (Lipinski definition) is 2. The van der Waals surface area contributed by atoms with Gasteiger partial charge in [0.25, 0.3) is 0 Å². The topological polar surface area (TPSA) is 88.9 Å². The van der Waals surface area contributed by atoms with Crippen LogP contribution in [0.1, 0.15) is 16.7 Å².